The molecule has 1 aromatic heterocycles. The number of benzene rings is 3. The summed E-state index contributed by atoms with van der Waals surface area (Å²) in [5, 5.41) is 0.583. The Morgan fingerprint density at radius 1 is 0.903 bits per heavy atom. The summed E-state index contributed by atoms with van der Waals surface area (Å²) in [6.07, 6.45) is 5.67. The van der Waals surface area contributed by atoms with Crippen molar-refractivity contribution in [3.63, 3.8) is 0 Å². The van der Waals surface area contributed by atoms with Crippen molar-refractivity contribution in [3.05, 3.63) is 84.6 Å². The molecule has 0 N–H and O–H groups in total. The van der Waals surface area contributed by atoms with Gasteiger partial charge in [-0.15, -0.1) is 11.8 Å². The van der Waals surface area contributed by atoms with Gasteiger partial charge in [-0.05, 0) is 72.2 Å². The zero-order valence-electron chi connectivity index (χ0n) is 17.9. The third-order valence-electron chi connectivity index (χ3n) is 5.61. The van der Waals surface area contributed by atoms with E-state index in [-0.39, 0.29) is 0 Å². The van der Waals surface area contributed by atoms with E-state index in [9.17, 15) is 8.42 Å². The summed E-state index contributed by atoms with van der Waals surface area (Å²) in [5.74, 6) is 0. The second kappa shape index (κ2) is 8.85. The number of rotatable bonds is 6. The van der Waals surface area contributed by atoms with Crippen LogP contribution in [-0.4, -0.2) is 31.2 Å². The Kier molecular flexibility index (Phi) is 6.17. The Bertz CT molecular complexity index is 1350. The first kappa shape index (κ1) is 21.6. The molecule has 1 atom stereocenters. The van der Waals surface area contributed by atoms with Gasteiger partial charge in [0.25, 0.3) is 0 Å². The van der Waals surface area contributed by atoms with E-state index in [1.165, 1.54) is 16.7 Å². The molecule has 4 rings (SSSR count). The molecule has 0 bridgehead atoms. The summed E-state index contributed by atoms with van der Waals surface area (Å²) in [6, 6.07) is 25.0. The Morgan fingerprint density at radius 2 is 1.65 bits per heavy atom. The summed E-state index contributed by atoms with van der Waals surface area (Å²) in [7, 11) is -3.10. The van der Waals surface area contributed by atoms with Crippen LogP contribution in [0.2, 0.25) is 0 Å². The van der Waals surface area contributed by atoms with Gasteiger partial charge in [0.15, 0.2) is 0 Å². The fraction of sp³-hybridized carbons (Fsp3) is 0.192. The normalized spacial score (nSPS) is 12.7. The van der Waals surface area contributed by atoms with Crippen molar-refractivity contribution in [2.24, 2.45) is 0 Å². The molecule has 0 aliphatic rings. The van der Waals surface area contributed by atoms with Crippen LogP contribution in [0, 0.1) is 0 Å². The maximum atomic E-state index is 12.0. The summed E-state index contributed by atoms with van der Waals surface area (Å²) in [4.78, 5) is 5.87. The van der Waals surface area contributed by atoms with Crippen LogP contribution in [0.25, 0.3) is 33.2 Å². The van der Waals surface area contributed by atoms with Crippen molar-refractivity contribution >= 4 is 32.5 Å². The van der Waals surface area contributed by atoms with Gasteiger partial charge >= 0.3 is 0 Å². The van der Waals surface area contributed by atoms with Gasteiger partial charge in [0, 0.05) is 28.3 Å². The minimum absolute atomic E-state index is 0.436. The fourth-order valence-corrected chi connectivity index (χ4v) is 4.93. The lowest BCUT2D eigenvalue weighted by atomic mass is 9.94. The van der Waals surface area contributed by atoms with Crippen molar-refractivity contribution in [3.8, 4) is 22.3 Å². The maximum Gasteiger partial charge on any atom is 0.150 e. The van der Waals surface area contributed by atoms with Crippen molar-refractivity contribution in [2.75, 3.05) is 12.5 Å². The van der Waals surface area contributed by atoms with Crippen LogP contribution in [-0.2, 0) is 16.3 Å². The summed E-state index contributed by atoms with van der Waals surface area (Å²) in [5.41, 5.74) is 6.39. The zero-order valence-corrected chi connectivity index (χ0v) is 19.5. The molecular formula is C26H25NO2S2. The highest BCUT2D eigenvalue weighted by Crippen LogP contribution is 2.35. The largest absolute Gasteiger partial charge is 0.256 e. The smallest absolute Gasteiger partial charge is 0.150 e. The number of aromatic nitrogens is 1. The van der Waals surface area contributed by atoms with E-state index in [1.807, 2.05) is 12.1 Å². The molecule has 1 heterocycles. The van der Waals surface area contributed by atoms with E-state index in [4.69, 9.17) is 0 Å². The molecular weight excluding hydrogens is 422 g/mol. The lowest BCUT2D eigenvalue weighted by Crippen LogP contribution is -2.18. The SMILES string of the molecule is CSc1ccccc1-c1cccc(-c2cc(CC(C)S(C)(=O)=O)cc3cccnc23)c1. The average molecular weight is 448 g/mol. The number of hydrogen-bond acceptors (Lipinski definition) is 4. The third-order valence-corrected chi connectivity index (χ3v) is 8.03. The van der Waals surface area contributed by atoms with E-state index in [2.05, 4.69) is 71.9 Å². The highest BCUT2D eigenvalue weighted by Gasteiger charge is 2.17. The minimum atomic E-state index is -3.10. The lowest BCUT2D eigenvalue weighted by Gasteiger charge is -2.14. The molecule has 3 nitrogen and oxygen atoms in total. The van der Waals surface area contributed by atoms with E-state index in [0.717, 1.165) is 33.2 Å². The minimum Gasteiger partial charge on any atom is -0.256 e. The molecule has 3 aromatic carbocycles. The number of sulfone groups is 1. The van der Waals surface area contributed by atoms with E-state index in [1.54, 1.807) is 24.9 Å². The maximum absolute atomic E-state index is 12.0. The van der Waals surface area contributed by atoms with E-state index >= 15 is 0 Å². The monoisotopic (exact) mass is 447 g/mol. The Hall–Kier alpha value is -2.63. The fourth-order valence-electron chi connectivity index (χ4n) is 3.81. The predicted molar refractivity (Wildman–Crippen MR) is 132 cm³/mol. The Morgan fingerprint density at radius 3 is 2.39 bits per heavy atom. The van der Waals surface area contributed by atoms with Crippen molar-refractivity contribution in [1.29, 1.82) is 0 Å². The molecule has 0 fully saturated rings. The van der Waals surface area contributed by atoms with Crippen LogP contribution in [0.3, 0.4) is 0 Å². The van der Waals surface area contributed by atoms with Crippen LogP contribution >= 0.6 is 11.8 Å². The van der Waals surface area contributed by atoms with Crippen LogP contribution in [0.15, 0.2) is 83.9 Å². The summed E-state index contributed by atoms with van der Waals surface area (Å²) >= 11 is 1.74. The zero-order chi connectivity index (χ0) is 22.0. The number of pyridine rings is 1. The molecule has 31 heavy (non-hydrogen) atoms. The highest BCUT2D eigenvalue weighted by atomic mass is 32.2. The van der Waals surface area contributed by atoms with Gasteiger partial charge < -0.3 is 0 Å². The summed E-state index contributed by atoms with van der Waals surface area (Å²) < 4.78 is 24.0. The van der Waals surface area contributed by atoms with Gasteiger partial charge in [0.2, 0.25) is 0 Å². The number of nitrogens with zero attached hydrogens (tertiary/aromatic N) is 1. The Balaban J connectivity index is 1.86. The second-order valence-electron chi connectivity index (χ2n) is 7.84. The molecule has 0 saturated heterocycles. The molecule has 0 aliphatic heterocycles. The first-order chi connectivity index (χ1) is 14.9. The molecule has 4 aromatic rings. The molecule has 0 aliphatic carbocycles. The van der Waals surface area contributed by atoms with Gasteiger partial charge in [0.05, 0.1) is 10.8 Å². The first-order valence-corrected chi connectivity index (χ1v) is 13.3. The lowest BCUT2D eigenvalue weighted by molar-refractivity contribution is 0.588. The topological polar surface area (TPSA) is 47.0 Å². The molecule has 0 spiro atoms. The van der Waals surface area contributed by atoms with Crippen molar-refractivity contribution in [2.45, 2.75) is 23.5 Å². The third kappa shape index (κ3) is 4.68. The molecule has 0 radical (unpaired) electrons. The van der Waals surface area contributed by atoms with Gasteiger partial charge in [-0.2, -0.15) is 0 Å². The standard InChI is InChI=1S/C26H25NO2S2/c1-18(31(3,28)29)14-19-15-22-10-7-13-27-26(22)24(16-19)21-9-6-8-20(17-21)23-11-4-5-12-25(23)30-2/h4-13,15-18H,14H2,1-3H3. The van der Waals surface area contributed by atoms with Gasteiger partial charge in [-0.1, -0.05) is 42.5 Å². The van der Waals surface area contributed by atoms with E-state index < -0.39 is 15.1 Å². The van der Waals surface area contributed by atoms with Gasteiger partial charge in [-0.25, -0.2) is 8.42 Å². The van der Waals surface area contributed by atoms with Crippen molar-refractivity contribution in [1.82, 2.24) is 4.98 Å². The first-order valence-electron chi connectivity index (χ1n) is 10.2. The number of hydrogen-bond donors (Lipinski definition) is 0. The van der Waals surface area contributed by atoms with Crippen LogP contribution in [0.1, 0.15) is 12.5 Å². The van der Waals surface area contributed by atoms with Gasteiger partial charge in [-0.3, -0.25) is 4.98 Å². The van der Waals surface area contributed by atoms with Crippen LogP contribution in [0.4, 0.5) is 0 Å². The van der Waals surface area contributed by atoms with E-state index in [0.29, 0.717) is 6.42 Å². The quantitative estimate of drug-likeness (QED) is 0.327. The molecule has 1 unspecified atom stereocenters. The molecule has 158 valence electrons. The second-order valence-corrected chi connectivity index (χ2v) is 11.2. The molecule has 0 amide bonds. The highest BCUT2D eigenvalue weighted by molar-refractivity contribution is 7.98. The van der Waals surface area contributed by atoms with Crippen molar-refractivity contribution < 1.29 is 8.42 Å². The molecule has 0 saturated carbocycles. The van der Waals surface area contributed by atoms with Crippen LogP contribution in [0.5, 0.6) is 0 Å². The number of thioether (sulfide) groups is 1. The molecule has 5 heteroatoms. The Labute approximate surface area is 188 Å². The predicted octanol–water partition coefficient (Wildman–Crippen LogP) is 6.27. The average Bonchev–Trinajstić information content (AvgIpc) is 2.78. The van der Waals surface area contributed by atoms with Crippen LogP contribution < -0.4 is 0 Å². The number of fused-ring (bicyclic) bond motifs is 1. The summed E-state index contributed by atoms with van der Waals surface area (Å²) in [6.45, 7) is 1.77. The van der Waals surface area contributed by atoms with Gasteiger partial charge in [0.1, 0.15) is 9.84 Å².